The molecule has 0 radical (unpaired) electrons. The van der Waals surface area contributed by atoms with Gasteiger partial charge in [-0.05, 0) is 24.3 Å². The molecule has 2 aromatic rings. The van der Waals surface area contributed by atoms with Gasteiger partial charge >= 0.3 is 6.18 Å². The molecule has 0 aliphatic heterocycles. The standard InChI is InChI=1S/C14H8ClF3N4OS/c15-10-5-9(2-1-8(10)6-19)21-12(23)7-24-13-20-4-3-11(22-13)14(16,17)18/h1-5H,7H2,(H,21,23). The van der Waals surface area contributed by atoms with Crippen molar-refractivity contribution in [2.24, 2.45) is 0 Å². The number of nitriles is 1. The number of hydrogen-bond donors (Lipinski definition) is 1. The maximum atomic E-state index is 12.5. The smallest absolute Gasteiger partial charge is 0.325 e. The molecule has 0 aliphatic carbocycles. The highest BCUT2D eigenvalue weighted by Gasteiger charge is 2.32. The highest BCUT2D eigenvalue weighted by molar-refractivity contribution is 7.99. The van der Waals surface area contributed by atoms with E-state index in [2.05, 4.69) is 15.3 Å². The van der Waals surface area contributed by atoms with Gasteiger partial charge in [0.25, 0.3) is 0 Å². The minimum absolute atomic E-state index is 0.155. The van der Waals surface area contributed by atoms with E-state index in [4.69, 9.17) is 16.9 Å². The fraction of sp³-hybridized carbons (Fsp3) is 0.143. The maximum absolute atomic E-state index is 12.5. The molecule has 10 heteroatoms. The Kier molecular flexibility index (Phi) is 5.64. The van der Waals surface area contributed by atoms with Gasteiger partial charge in [-0.3, -0.25) is 4.79 Å². The molecule has 0 saturated heterocycles. The maximum Gasteiger partial charge on any atom is 0.433 e. The van der Waals surface area contributed by atoms with Crippen LogP contribution < -0.4 is 5.32 Å². The Bertz CT molecular complexity index is 807. The minimum Gasteiger partial charge on any atom is -0.325 e. The third-order valence-electron chi connectivity index (χ3n) is 2.63. The summed E-state index contributed by atoms with van der Waals surface area (Å²) in [7, 11) is 0. The Balaban J connectivity index is 1.97. The third kappa shape index (κ3) is 4.84. The molecule has 0 unspecified atom stereocenters. The molecule has 0 saturated carbocycles. The monoisotopic (exact) mass is 372 g/mol. The fourth-order valence-corrected chi connectivity index (χ4v) is 2.43. The number of hydrogen-bond acceptors (Lipinski definition) is 5. The van der Waals surface area contributed by atoms with Crippen LogP contribution in [0.5, 0.6) is 0 Å². The van der Waals surface area contributed by atoms with E-state index in [-0.39, 0.29) is 21.5 Å². The van der Waals surface area contributed by atoms with Crippen molar-refractivity contribution in [3.8, 4) is 6.07 Å². The predicted octanol–water partition coefficient (Wildman–Crippen LogP) is 3.75. The van der Waals surface area contributed by atoms with Gasteiger partial charge in [-0.2, -0.15) is 18.4 Å². The third-order valence-corrected chi connectivity index (χ3v) is 3.80. The topological polar surface area (TPSA) is 78.7 Å². The van der Waals surface area contributed by atoms with Gasteiger partial charge in [0.1, 0.15) is 11.8 Å². The average Bonchev–Trinajstić information content (AvgIpc) is 2.53. The summed E-state index contributed by atoms with van der Waals surface area (Å²) < 4.78 is 37.6. The van der Waals surface area contributed by atoms with Crippen LogP contribution in [0.25, 0.3) is 0 Å². The van der Waals surface area contributed by atoms with Crippen LogP contribution in [-0.4, -0.2) is 21.6 Å². The van der Waals surface area contributed by atoms with E-state index in [9.17, 15) is 18.0 Å². The van der Waals surface area contributed by atoms with E-state index in [0.717, 1.165) is 24.0 Å². The van der Waals surface area contributed by atoms with E-state index in [1.807, 2.05) is 6.07 Å². The molecule has 0 aliphatic rings. The van der Waals surface area contributed by atoms with Gasteiger partial charge in [0.05, 0.1) is 16.3 Å². The quantitative estimate of drug-likeness (QED) is 0.653. The lowest BCUT2D eigenvalue weighted by Gasteiger charge is -2.07. The first-order chi connectivity index (χ1) is 11.3. The number of carbonyl (C=O) groups excluding carboxylic acids is 1. The van der Waals surface area contributed by atoms with Gasteiger partial charge in [-0.15, -0.1) is 0 Å². The molecule has 1 heterocycles. The Morgan fingerprint density at radius 3 is 2.75 bits per heavy atom. The zero-order chi connectivity index (χ0) is 17.7. The van der Waals surface area contributed by atoms with Gasteiger partial charge < -0.3 is 5.32 Å². The highest BCUT2D eigenvalue weighted by Crippen LogP contribution is 2.28. The summed E-state index contributed by atoms with van der Waals surface area (Å²) in [4.78, 5) is 18.8. The lowest BCUT2D eigenvalue weighted by molar-refractivity contribution is -0.141. The lowest BCUT2D eigenvalue weighted by Crippen LogP contribution is -2.15. The second kappa shape index (κ2) is 7.51. The van der Waals surface area contributed by atoms with Gasteiger partial charge in [0.2, 0.25) is 5.91 Å². The van der Waals surface area contributed by atoms with Gasteiger partial charge in [-0.25, -0.2) is 9.97 Å². The first-order valence-electron chi connectivity index (χ1n) is 6.32. The number of carbonyl (C=O) groups is 1. The Morgan fingerprint density at radius 1 is 1.38 bits per heavy atom. The van der Waals surface area contributed by atoms with Crippen molar-refractivity contribution in [3.63, 3.8) is 0 Å². The zero-order valence-electron chi connectivity index (χ0n) is 11.8. The van der Waals surface area contributed by atoms with Crippen molar-refractivity contribution >= 4 is 35.0 Å². The average molecular weight is 373 g/mol. The molecule has 0 fully saturated rings. The number of rotatable bonds is 4. The summed E-state index contributed by atoms with van der Waals surface area (Å²) in [6.07, 6.45) is -3.59. The number of amides is 1. The van der Waals surface area contributed by atoms with Crippen LogP contribution in [0.1, 0.15) is 11.3 Å². The first-order valence-corrected chi connectivity index (χ1v) is 7.68. The first kappa shape index (κ1) is 18.0. The van der Waals surface area contributed by atoms with Gasteiger partial charge in [-0.1, -0.05) is 23.4 Å². The van der Waals surface area contributed by atoms with Crippen LogP contribution in [-0.2, 0) is 11.0 Å². The molecule has 2 rings (SSSR count). The molecule has 5 nitrogen and oxygen atoms in total. The zero-order valence-corrected chi connectivity index (χ0v) is 13.3. The van der Waals surface area contributed by atoms with Crippen molar-refractivity contribution in [1.29, 1.82) is 5.26 Å². The summed E-state index contributed by atoms with van der Waals surface area (Å²) in [5.41, 5.74) is -0.435. The van der Waals surface area contributed by atoms with Crippen molar-refractivity contribution in [1.82, 2.24) is 9.97 Å². The second-order valence-electron chi connectivity index (χ2n) is 4.37. The number of anilines is 1. The molecule has 0 atom stereocenters. The molecular formula is C14H8ClF3N4OS. The summed E-state index contributed by atoms with van der Waals surface area (Å²) in [5.74, 6) is -0.652. The summed E-state index contributed by atoms with van der Waals surface area (Å²) in [6.45, 7) is 0. The molecule has 0 bridgehead atoms. The number of nitrogens with one attached hydrogen (secondary N) is 1. The summed E-state index contributed by atoms with van der Waals surface area (Å²) in [6, 6.07) is 6.98. The van der Waals surface area contributed by atoms with Crippen LogP contribution >= 0.6 is 23.4 Å². The van der Waals surface area contributed by atoms with Crippen LogP contribution in [0.15, 0.2) is 35.6 Å². The van der Waals surface area contributed by atoms with Crippen molar-refractivity contribution in [2.75, 3.05) is 11.1 Å². The molecule has 1 amide bonds. The van der Waals surface area contributed by atoms with Crippen LogP contribution in [0.2, 0.25) is 5.02 Å². The Morgan fingerprint density at radius 2 is 2.12 bits per heavy atom. The van der Waals surface area contributed by atoms with E-state index < -0.39 is 17.8 Å². The summed E-state index contributed by atoms with van der Waals surface area (Å²) in [5, 5.41) is 11.3. The van der Waals surface area contributed by atoms with Crippen molar-refractivity contribution < 1.29 is 18.0 Å². The number of alkyl halides is 3. The van der Waals surface area contributed by atoms with E-state index >= 15 is 0 Å². The second-order valence-corrected chi connectivity index (χ2v) is 5.72. The summed E-state index contributed by atoms with van der Waals surface area (Å²) >= 11 is 6.61. The molecule has 1 aromatic carbocycles. The van der Waals surface area contributed by atoms with Gasteiger partial charge in [0.15, 0.2) is 5.16 Å². The van der Waals surface area contributed by atoms with Gasteiger partial charge in [0, 0.05) is 11.9 Å². The fourth-order valence-electron chi connectivity index (χ4n) is 1.58. The number of aromatic nitrogens is 2. The predicted molar refractivity (Wildman–Crippen MR) is 82.6 cm³/mol. The molecule has 1 N–H and O–H groups in total. The Hall–Kier alpha value is -2.31. The molecule has 1 aromatic heterocycles. The molecule has 0 spiro atoms. The number of benzene rings is 1. The van der Waals surface area contributed by atoms with Crippen molar-refractivity contribution in [2.45, 2.75) is 11.3 Å². The van der Waals surface area contributed by atoms with Crippen LogP contribution in [0, 0.1) is 11.3 Å². The molecular weight excluding hydrogens is 365 g/mol. The highest BCUT2D eigenvalue weighted by atomic mass is 35.5. The number of halogens is 4. The van der Waals surface area contributed by atoms with Crippen LogP contribution in [0.3, 0.4) is 0 Å². The van der Waals surface area contributed by atoms with Crippen molar-refractivity contribution in [3.05, 3.63) is 46.7 Å². The number of thioether (sulfide) groups is 1. The largest absolute Gasteiger partial charge is 0.433 e. The van der Waals surface area contributed by atoms with E-state index in [1.54, 1.807) is 0 Å². The number of nitrogens with zero attached hydrogens (tertiary/aromatic N) is 3. The van der Waals surface area contributed by atoms with E-state index in [0.29, 0.717) is 5.69 Å². The SMILES string of the molecule is N#Cc1ccc(NC(=O)CSc2nccc(C(F)(F)F)n2)cc1Cl. The molecule has 124 valence electrons. The van der Waals surface area contributed by atoms with E-state index in [1.165, 1.54) is 18.2 Å². The minimum atomic E-state index is -4.57. The lowest BCUT2D eigenvalue weighted by atomic mass is 10.2. The Labute approximate surface area is 143 Å². The molecule has 24 heavy (non-hydrogen) atoms. The van der Waals surface area contributed by atoms with Crippen LogP contribution in [0.4, 0.5) is 18.9 Å². The normalized spacial score (nSPS) is 11.0.